The Kier molecular flexibility index (Phi) is 2.30. The lowest BCUT2D eigenvalue weighted by Crippen LogP contribution is -1.88. The molecule has 0 bridgehead atoms. The molecule has 0 aliphatic rings. The highest BCUT2D eigenvalue weighted by Crippen LogP contribution is 2.09. The van der Waals surface area contributed by atoms with Gasteiger partial charge in [0.05, 0.1) is 6.61 Å². The van der Waals surface area contributed by atoms with E-state index in [1.165, 1.54) is 0 Å². The van der Waals surface area contributed by atoms with Crippen molar-refractivity contribution >= 4 is 0 Å². The molecule has 1 nitrogen and oxygen atoms in total. The van der Waals surface area contributed by atoms with Crippen LogP contribution in [0, 0.1) is 19.3 Å². The normalized spacial score (nSPS) is 9.18. The molecule has 0 aromatic heterocycles. The molecule has 56 valence electrons. The SMILES string of the molecule is C#Cc1ccc(C)c(CO)c1. The highest BCUT2D eigenvalue weighted by molar-refractivity contribution is 5.38. The number of aryl methyl sites for hydroxylation is 1. The summed E-state index contributed by atoms with van der Waals surface area (Å²) in [5.41, 5.74) is 2.80. The molecule has 1 rings (SSSR count). The predicted molar refractivity (Wildman–Crippen MR) is 45.0 cm³/mol. The standard InChI is InChI=1S/C10H10O/c1-3-9-5-4-8(2)10(6-9)7-11/h1,4-6,11H,7H2,2H3. The molecule has 0 aliphatic heterocycles. The summed E-state index contributed by atoms with van der Waals surface area (Å²) in [5.74, 6) is 2.52. The predicted octanol–water partition coefficient (Wildman–Crippen LogP) is 1.47. The third-order valence-electron chi connectivity index (χ3n) is 1.69. The van der Waals surface area contributed by atoms with Gasteiger partial charge >= 0.3 is 0 Å². The molecule has 0 unspecified atom stereocenters. The third kappa shape index (κ3) is 1.60. The molecule has 1 aromatic rings. The fraction of sp³-hybridized carbons (Fsp3) is 0.200. The Hall–Kier alpha value is -1.26. The highest BCUT2D eigenvalue weighted by atomic mass is 16.3. The van der Waals surface area contributed by atoms with Crippen LogP contribution in [0.5, 0.6) is 0 Å². The summed E-state index contributed by atoms with van der Waals surface area (Å²) in [6, 6.07) is 5.62. The van der Waals surface area contributed by atoms with Crippen LogP contribution in [-0.4, -0.2) is 5.11 Å². The van der Waals surface area contributed by atoms with Crippen molar-refractivity contribution in [1.29, 1.82) is 0 Å². The van der Waals surface area contributed by atoms with E-state index in [0.717, 1.165) is 16.7 Å². The van der Waals surface area contributed by atoms with Gasteiger partial charge in [0.15, 0.2) is 0 Å². The van der Waals surface area contributed by atoms with Gasteiger partial charge in [-0.1, -0.05) is 12.0 Å². The van der Waals surface area contributed by atoms with Crippen molar-refractivity contribution in [2.75, 3.05) is 0 Å². The van der Waals surface area contributed by atoms with Gasteiger partial charge in [0.1, 0.15) is 0 Å². The van der Waals surface area contributed by atoms with Crippen molar-refractivity contribution in [3.8, 4) is 12.3 Å². The molecular weight excluding hydrogens is 136 g/mol. The van der Waals surface area contributed by atoms with Crippen molar-refractivity contribution in [3.63, 3.8) is 0 Å². The quantitative estimate of drug-likeness (QED) is 0.595. The molecule has 0 amide bonds. The smallest absolute Gasteiger partial charge is 0.0684 e. The van der Waals surface area contributed by atoms with Crippen LogP contribution in [0.15, 0.2) is 18.2 Å². The summed E-state index contributed by atoms with van der Waals surface area (Å²) in [4.78, 5) is 0. The zero-order chi connectivity index (χ0) is 8.27. The van der Waals surface area contributed by atoms with Gasteiger partial charge in [0.2, 0.25) is 0 Å². The van der Waals surface area contributed by atoms with Crippen molar-refractivity contribution in [3.05, 3.63) is 34.9 Å². The van der Waals surface area contributed by atoms with Crippen LogP contribution < -0.4 is 0 Å². The zero-order valence-corrected chi connectivity index (χ0v) is 6.46. The van der Waals surface area contributed by atoms with E-state index in [4.69, 9.17) is 11.5 Å². The number of aliphatic hydroxyl groups excluding tert-OH is 1. The van der Waals surface area contributed by atoms with Gasteiger partial charge in [0.25, 0.3) is 0 Å². The number of terminal acetylenes is 1. The van der Waals surface area contributed by atoms with E-state index in [1.54, 1.807) is 0 Å². The van der Waals surface area contributed by atoms with E-state index in [0.29, 0.717) is 0 Å². The molecule has 0 atom stereocenters. The summed E-state index contributed by atoms with van der Waals surface area (Å²) < 4.78 is 0. The molecule has 1 N–H and O–H groups in total. The first kappa shape index (κ1) is 7.84. The van der Waals surface area contributed by atoms with Crippen molar-refractivity contribution in [2.45, 2.75) is 13.5 Å². The lowest BCUT2D eigenvalue weighted by Gasteiger charge is -2.01. The Balaban J connectivity index is 3.15. The van der Waals surface area contributed by atoms with Gasteiger partial charge in [-0.05, 0) is 30.2 Å². The summed E-state index contributed by atoms with van der Waals surface area (Å²) in [6.45, 7) is 2.01. The summed E-state index contributed by atoms with van der Waals surface area (Å²) in [5, 5.41) is 8.87. The minimum absolute atomic E-state index is 0.0569. The second-order valence-corrected chi connectivity index (χ2v) is 2.44. The first-order chi connectivity index (χ1) is 5.27. The molecule has 0 spiro atoms. The number of aliphatic hydroxyl groups is 1. The molecule has 0 aliphatic carbocycles. The lowest BCUT2D eigenvalue weighted by atomic mass is 10.1. The molecular formula is C10H10O. The minimum Gasteiger partial charge on any atom is -0.392 e. The van der Waals surface area contributed by atoms with Gasteiger partial charge in [0, 0.05) is 5.56 Å². The largest absolute Gasteiger partial charge is 0.392 e. The second kappa shape index (κ2) is 3.23. The Bertz CT molecular complexity index is 294. The molecule has 11 heavy (non-hydrogen) atoms. The Morgan fingerprint density at radius 1 is 1.55 bits per heavy atom. The van der Waals surface area contributed by atoms with E-state index in [1.807, 2.05) is 25.1 Å². The Morgan fingerprint density at radius 2 is 2.27 bits per heavy atom. The van der Waals surface area contributed by atoms with Crippen LogP contribution in [0.1, 0.15) is 16.7 Å². The fourth-order valence-corrected chi connectivity index (χ4v) is 0.932. The molecule has 0 saturated carbocycles. The number of hydrogen-bond donors (Lipinski definition) is 1. The average Bonchev–Trinajstić information content (AvgIpc) is 2.05. The van der Waals surface area contributed by atoms with Gasteiger partial charge in [-0.25, -0.2) is 0 Å². The van der Waals surface area contributed by atoms with Gasteiger partial charge in [-0.2, -0.15) is 0 Å². The van der Waals surface area contributed by atoms with Crippen LogP contribution in [0.4, 0.5) is 0 Å². The summed E-state index contributed by atoms with van der Waals surface area (Å²) >= 11 is 0. The van der Waals surface area contributed by atoms with Crippen molar-refractivity contribution < 1.29 is 5.11 Å². The molecule has 1 aromatic carbocycles. The van der Waals surface area contributed by atoms with Gasteiger partial charge in [-0.3, -0.25) is 0 Å². The monoisotopic (exact) mass is 146 g/mol. The molecule has 1 heteroatoms. The molecule has 0 saturated heterocycles. The number of benzene rings is 1. The first-order valence-electron chi connectivity index (χ1n) is 3.45. The van der Waals surface area contributed by atoms with Crippen LogP contribution >= 0.6 is 0 Å². The Labute approximate surface area is 66.7 Å². The van der Waals surface area contributed by atoms with E-state index in [9.17, 15) is 0 Å². The van der Waals surface area contributed by atoms with Crippen LogP contribution in [-0.2, 0) is 6.61 Å². The Morgan fingerprint density at radius 3 is 2.82 bits per heavy atom. The van der Waals surface area contributed by atoms with Crippen LogP contribution in [0.3, 0.4) is 0 Å². The highest BCUT2D eigenvalue weighted by Gasteiger charge is 1.95. The van der Waals surface area contributed by atoms with E-state index >= 15 is 0 Å². The fourth-order valence-electron chi connectivity index (χ4n) is 0.932. The maximum atomic E-state index is 8.87. The zero-order valence-electron chi connectivity index (χ0n) is 6.46. The average molecular weight is 146 g/mol. The van der Waals surface area contributed by atoms with Gasteiger partial charge in [-0.15, -0.1) is 6.42 Å². The van der Waals surface area contributed by atoms with E-state index in [2.05, 4.69) is 5.92 Å². The molecule has 0 radical (unpaired) electrons. The second-order valence-electron chi connectivity index (χ2n) is 2.44. The molecule has 0 fully saturated rings. The maximum Gasteiger partial charge on any atom is 0.0684 e. The van der Waals surface area contributed by atoms with Gasteiger partial charge < -0.3 is 5.11 Å². The number of hydrogen-bond acceptors (Lipinski definition) is 1. The molecule has 0 heterocycles. The first-order valence-corrected chi connectivity index (χ1v) is 3.45. The lowest BCUT2D eigenvalue weighted by molar-refractivity contribution is 0.281. The maximum absolute atomic E-state index is 8.87. The van der Waals surface area contributed by atoms with Crippen LogP contribution in [0.2, 0.25) is 0 Å². The summed E-state index contributed by atoms with van der Waals surface area (Å²) in [6.07, 6.45) is 5.19. The minimum atomic E-state index is 0.0569. The topological polar surface area (TPSA) is 20.2 Å². The van der Waals surface area contributed by atoms with Crippen LogP contribution in [0.25, 0.3) is 0 Å². The number of rotatable bonds is 1. The van der Waals surface area contributed by atoms with E-state index in [-0.39, 0.29) is 6.61 Å². The van der Waals surface area contributed by atoms with Crippen molar-refractivity contribution in [1.82, 2.24) is 0 Å². The third-order valence-corrected chi connectivity index (χ3v) is 1.69. The van der Waals surface area contributed by atoms with Crippen molar-refractivity contribution in [2.24, 2.45) is 0 Å². The van der Waals surface area contributed by atoms with E-state index < -0.39 is 0 Å². The summed E-state index contributed by atoms with van der Waals surface area (Å²) in [7, 11) is 0.